The summed E-state index contributed by atoms with van der Waals surface area (Å²) in [5.41, 5.74) is 0.337. The molecule has 1 heterocycles. The Morgan fingerprint density at radius 2 is 2.09 bits per heavy atom. The van der Waals surface area contributed by atoms with Crippen LogP contribution >= 0.6 is 23.2 Å². The number of β-amino-alcohol motifs (C(OH)–C–C–N with tert-alkyl or cyclic N) is 1. The number of hydrogen-bond donors (Lipinski definition) is 2. The zero-order valence-electron chi connectivity index (χ0n) is 13.5. The van der Waals surface area contributed by atoms with E-state index in [1.54, 1.807) is 12.1 Å². The second kappa shape index (κ2) is 7.26. The lowest BCUT2D eigenvalue weighted by Crippen LogP contribution is -2.39. The van der Waals surface area contributed by atoms with Crippen molar-refractivity contribution in [2.45, 2.75) is 45.1 Å². The number of amides is 1. The van der Waals surface area contributed by atoms with Gasteiger partial charge in [-0.05, 0) is 38.5 Å². The Balaban J connectivity index is 1.90. The lowest BCUT2D eigenvalue weighted by atomic mass is 10.2. The first kappa shape index (κ1) is 18.3. The fourth-order valence-electron chi connectivity index (χ4n) is 2.37. The van der Waals surface area contributed by atoms with Crippen LogP contribution in [0.1, 0.15) is 26.3 Å². The molecule has 1 aromatic rings. The smallest absolute Gasteiger partial charge is 0.410 e. The third-order valence-electron chi connectivity index (χ3n) is 3.51. The molecule has 5 nitrogen and oxygen atoms in total. The molecule has 1 saturated heterocycles. The summed E-state index contributed by atoms with van der Waals surface area (Å²) in [7, 11) is 0. The van der Waals surface area contributed by atoms with Crippen molar-refractivity contribution in [2.75, 3.05) is 13.1 Å². The molecule has 0 aromatic heterocycles. The Bertz CT molecular complexity index is 575. The minimum Gasteiger partial charge on any atom is -0.444 e. The minimum atomic E-state index is -0.645. The van der Waals surface area contributed by atoms with Crippen LogP contribution in [0, 0.1) is 0 Å². The molecule has 23 heavy (non-hydrogen) atoms. The summed E-state index contributed by atoms with van der Waals surface area (Å²) < 4.78 is 5.33. The van der Waals surface area contributed by atoms with E-state index in [1.165, 1.54) is 4.90 Å². The van der Waals surface area contributed by atoms with E-state index in [4.69, 9.17) is 27.9 Å². The number of benzene rings is 1. The number of ether oxygens (including phenoxy) is 1. The molecule has 2 N–H and O–H groups in total. The topological polar surface area (TPSA) is 61.8 Å². The molecule has 1 fully saturated rings. The van der Waals surface area contributed by atoms with Crippen molar-refractivity contribution in [3.8, 4) is 0 Å². The molecule has 7 heteroatoms. The second-order valence-electron chi connectivity index (χ2n) is 6.68. The van der Waals surface area contributed by atoms with E-state index in [2.05, 4.69) is 5.32 Å². The maximum absolute atomic E-state index is 12.0. The van der Waals surface area contributed by atoms with Gasteiger partial charge in [0.05, 0.1) is 18.7 Å². The van der Waals surface area contributed by atoms with Crippen LogP contribution in [0.15, 0.2) is 18.2 Å². The summed E-state index contributed by atoms with van der Waals surface area (Å²) in [6.45, 7) is 6.57. The van der Waals surface area contributed by atoms with Gasteiger partial charge in [-0.25, -0.2) is 4.79 Å². The van der Waals surface area contributed by atoms with Crippen LogP contribution in [0.2, 0.25) is 10.0 Å². The average Bonchev–Trinajstić information content (AvgIpc) is 2.77. The summed E-state index contributed by atoms with van der Waals surface area (Å²) >= 11 is 12.0. The van der Waals surface area contributed by atoms with E-state index < -0.39 is 17.8 Å². The highest BCUT2D eigenvalue weighted by atomic mass is 35.5. The van der Waals surface area contributed by atoms with E-state index in [0.29, 0.717) is 23.1 Å². The first-order valence-electron chi connectivity index (χ1n) is 7.49. The maximum atomic E-state index is 12.0. The van der Waals surface area contributed by atoms with Gasteiger partial charge in [-0.1, -0.05) is 29.3 Å². The number of aliphatic hydroxyl groups excluding tert-OH is 1. The quantitative estimate of drug-likeness (QED) is 0.869. The van der Waals surface area contributed by atoms with E-state index in [9.17, 15) is 9.90 Å². The largest absolute Gasteiger partial charge is 0.444 e. The van der Waals surface area contributed by atoms with Crippen molar-refractivity contribution in [3.05, 3.63) is 33.8 Å². The Morgan fingerprint density at radius 3 is 2.70 bits per heavy atom. The number of halogens is 2. The zero-order valence-corrected chi connectivity index (χ0v) is 15.0. The van der Waals surface area contributed by atoms with E-state index >= 15 is 0 Å². The van der Waals surface area contributed by atoms with Gasteiger partial charge in [0.1, 0.15) is 5.60 Å². The molecule has 2 rings (SSSR count). The Kier molecular flexibility index (Phi) is 5.79. The highest BCUT2D eigenvalue weighted by Crippen LogP contribution is 2.22. The predicted octanol–water partition coefficient (Wildman–Crippen LogP) is 3.06. The first-order valence-corrected chi connectivity index (χ1v) is 8.24. The molecule has 0 bridgehead atoms. The van der Waals surface area contributed by atoms with Crippen LogP contribution in [0.25, 0.3) is 0 Å². The van der Waals surface area contributed by atoms with Crippen LogP contribution in [-0.4, -0.2) is 46.9 Å². The fraction of sp³-hybridized carbons (Fsp3) is 0.562. The van der Waals surface area contributed by atoms with Crippen LogP contribution in [0.4, 0.5) is 4.79 Å². The Labute approximate surface area is 146 Å². The van der Waals surface area contributed by atoms with E-state index in [-0.39, 0.29) is 12.6 Å². The highest BCUT2D eigenvalue weighted by molar-refractivity contribution is 6.35. The van der Waals surface area contributed by atoms with Crippen molar-refractivity contribution >= 4 is 29.3 Å². The Hall–Kier alpha value is -1.01. The molecule has 1 aromatic carbocycles. The third kappa shape index (κ3) is 5.24. The number of hydrogen-bond acceptors (Lipinski definition) is 4. The highest BCUT2D eigenvalue weighted by Gasteiger charge is 2.35. The van der Waals surface area contributed by atoms with Gasteiger partial charge in [-0.3, -0.25) is 0 Å². The molecule has 0 aliphatic carbocycles. The third-order valence-corrected chi connectivity index (χ3v) is 4.10. The molecule has 128 valence electrons. The van der Waals surface area contributed by atoms with E-state index in [1.807, 2.05) is 26.8 Å². The maximum Gasteiger partial charge on any atom is 0.410 e. The number of nitrogens with zero attached hydrogens (tertiary/aromatic N) is 1. The monoisotopic (exact) mass is 360 g/mol. The van der Waals surface area contributed by atoms with Crippen LogP contribution < -0.4 is 5.32 Å². The number of rotatable bonds is 3. The lowest BCUT2D eigenvalue weighted by Gasteiger charge is -2.24. The van der Waals surface area contributed by atoms with Crippen molar-refractivity contribution in [1.29, 1.82) is 0 Å². The van der Waals surface area contributed by atoms with Crippen molar-refractivity contribution in [3.63, 3.8) is 0 Å². The predicted molar refractivity (Wildman–Crippen MR) is 90.9 cm³/mol. The molecule has 1 amide bonds. The van der Waals surface area contributed by atoms with Gasteiger partial charge in [0, 0.05) is 23.1 Å². The van der Waals surface area contributed by atoms with Gasteiger partial charge < -0.3 is 20.1 Å². The number of carbonyl (C=O) groups is 1. The molecule has 2 atom stereocenters. The second-order valence-corrected chi connectivity index (χ2v) is 7.52. The summed E-state index contributed by atoms with van der Waals surface area (Å²) in [5.74, 6) is 0. The van der Waals surface area contributed by atoms with Gasteiger partial charge in [-0.15, -0.1) is 0 Å². The summed E-state index contributed by atoms with van der Waals surface area (Å²) in [5, 5.41) is 14.5. The molecule has 1 aliphatic heterocycles. The van der Waals surface area contributed by atoms with Crippen LogP contribution in [-0.2, 0) is 11.3 Å². The van der Waals surface area contributed by atoms with Gasteiger partial charge in [-0.2, -0.15) is 0 Å². The SMILES string of the molecule is CC(C)(C)OC(=O)N1C[C@@H](O)[C@@H](NCc2ccc(Cl)cc2Cl)C1. The molecular formula is C16H22Cl2N2O3. The molecule has 1 aliphatic rings. The normalized spacial score (nSPS) is 21.6. The van der Waals surface area contributed by atoms with Gasteiger partial charge >= 0.3 is 6.09 Å². The van der Waals surface area contributed by atoms with Crippen LogP contribution in [0.5, 0.6) is 0 Å². The molecule has 0 saturated carbocycles. The first-order chi connectivity index (χ1) is 10.7. The number of carbonyl (C=O) groups excluding carboxylic acids is 1. The number of nitrogens with one attached hydrogen (secondary N) is 1. The molecular weight excluding hydrogens is 339 g/mol. The zero-order chi connectivity index (χ0) is 17.2. The lowest BCUT2D eigenvalue weighted by molar-refractivity contribution is 0.0270. The van der Waals surface area contributed by atoms with Crippen molar-refractivity contribution in [1.82, 2.24) is 10.2 Å². The summed E-state index contributed by atoms with van der Waals surface area (Å²) in [6, 6.07) is 5.06. The number of likely N-dealkylation sites (tertiary alicyclic amines) is 1. The number of aliphatic hydroxyl groups is 1. The van der Waals surface area contributed by atoms with E-state index in [0.717, 1.165) is 5.56 Å². The molecule has 0 radical (unpaired) electrons. The molecule has 0 unspecified atom stereocenters. The standard InChI is InChI=1S/C16H22Cl2N2O3/c1-16(2,3)23-15(22)20-8-13(14(21)9-20)19-7-10-4-5-11(17)6-12(10)18/h4-6,13-14,19,21H,7-9H2,1-3H3/t13-,14+/m0/s1. The summed E-state index contributed by atoms with van der Waals surface area (Å²) in [6.07, 6.45) is -1.06. The van der Waals surface area contributed by atoms with Gasteiger partial charge in [0.2, 0.25) is 0 Å². The Morgan fingerprint density at radius 1 is 1.39 bits per heavy atom. The fourth-order valence-corrected chi connectivity index (χ4v) is 2.84. The summed E-state index contributed by atoms with van der Waals surface area (Å²) in [4.78, 5) is 13.6. The van der Waals surface area contributed by atoms with Crippen molar-refractivity contribution in [2.24, 2.45) is 0 Å². The van der Waals surface area contributed by atoms with Gasteiger partial charge in [0.15, 0.2) is 0 Å². The van der Waals surface area contributed by atoms with Gasteiger partial charge in [0.25, 0.3) is 0 Å². The van der Waals surface area contributed by atoms with Crippen LogP contribution in [0.3, 0.4) is 0 Å². The van der Waals surface area contributed by atoms with Crippen molar-refractivity contribution < 1.29 is 14.6 Å². The average molecular weight is 361 g/mol. The minimum absolute atomic E-state index is 0.228. The molecule has 0 spiro atoms.